The van der Waals surface area contributed by atoms with E-state index >= 15 is 0 Å². The lowest BCUT2D eigenvalue weighted by Crippen LogP contribution is -2.50. The number of nitrogens with one attached hydrogen (secondary N) is 1. The average molecular weight is 265 g/mol. The first kappa shape index (κ1) is 15.2. The van der Waals surface area contributed by atoms with Crippen molar-refractivity contribution in [1.29, 1.82) is 0 Å². The highest BCUT2D eigenvalue weighted by Gasteiger charge is 2.26. The first-order chi connectivity index (χ1) is 7.78. The van der Waals surface area contributed by atoms with Gasteiger partial charge in [0.05, 0.1) is 18.8 Å². The van der Waals surface area contributed by atoms with E-state index in [4.69, 9.17) is 9.84 Å². The van der Waals surface area contributed by atoms with Gasteiger partial charge in [0, 0.05) is 19.6 Å². The van der Waals surface area contributed by atoms with Crippen LogP contribution in [0, 0.1) is 5.92 Å². The van der Waals surface area contributed by atoms with E-state index in [1.807, 2.05) is 0 Å². The van der Waals surface area contributed by atoms with Gasteiger partial charge in [0.1, 0.15) is 0 Å². The second-order valence-corrected chi connectivity index (χ2v) is 5.18. The standard InChI is InChI=1S/C12H24N2O2.ClH/c1-10-6-14(8-12(9-15)16-10)7-11-3-2-4-13-5-11;/h10-13,15H,2-9H2,1H3;1H. The highest BCUT2D eigenvalue weighted by molar-refractivity contribution is 5.85. The van der Waals surface area contributed by atoms with Gasteiger partial charge in [0.25, 0.3) is 0 Å². The summed E-state index contributed by atoms with van der Waals surface area (Å²) in [7, 11) is 0. The predicted molar refractivity (Wildman–Crippen MR) is 70.7 cm³/mol. The van der Waals surface area contributed by atoms with E-state index in [1.54, 1.807) is 0 Å². The highest BCUT2D eigenvalue weighted by atomic mass is 35.5. The molecule has 2 fully saturated rings. The average Bonchev–Trinajstić information content (AvgIpc) is 2.29. The number of ether oxygens (including phenoxy) is 1. The Labute approximate surface area is 110 Å². The van der Waals surface area contributed by atoms with Crippen molar-refractivity contribution < 1.29 is 9.84 Å². The molecule has 3 atom stereocenters. The van der Waals surface area contributed by atoms with Crippen LogP contribution in [0.4, 0.5) is 0 Å². The Hall–Kier alpha value is 0.130. The Morgan fingerprint density at radius 3 is 2.88 bits per heavy atom. The molecule has 2 heterocycles. The monoisotopic (exact) mass is 264 g/mol. The topological polar surface area (TPSA) is 44.7 Å². The van der Waals surface area contributed by atoms with Crippen molar-refractivity contribution >= 4 is 12.4 Å². The van der Waals surface area contributed by atoms with E-state index in [1.165, 1.54) is 19.4 Å². The van der Waals surface area contributed by atoms with Crippen molar-refractivity contribution in [2.45, 2.75) is 32.0 Å². The molecule has 5 heteroatoms. The Bertz CT molecular complexity index is 213. The molecule has 0 aromatic heterocycles. The number of aliphatic hydroxyl groups excluding tert-OH is 1. The predicted octanol–water partition coefficient (Wildman–Crippen LogP) is 0.489. The number of aliphatic hydroxyl groups is 1. The number of hydrogen-bond acceptors (Lipinski definition) is 4. The van der Waals surface area contributed by atoms with Gasteiger partial charge >= 0.3 is 0 Å². The Kier molecular flexibility index (Phi) is 6.74. The molecule has 17 heavy (non-hydrogen) atoms. The van der Waals surface area contributed by atoms with Crippen LogP contribution in [0.1, 0.15) is 19.8 Å². The minimum absolute atomic E-state index is 0. The molecule has 2 aliphatic rings. The summed E-state index contributed by atoms with van der Waals surface area (Å²) in [6.45, 7) is 7.60. The third-order valence-corrected chi connectivity index (χ3v) is 3.52. The maximum atomic E-state index is 9.17. The van der Waals surface area contributed by atoms with Crippen LogP contribution < -0.4 is 5.32 Å². The quantitative estimate of drug-likeness (QED) is 0.779. The lowest BCUT2D eigenvalue weighted by atomic mass is 9.98. The van der Waals surface area contributed by atoms with Crippen molar-refractivity contribution in [1.82, 2.24) is 10.2 Å². The molecule has 0 aromatic rings. The van der Waals surface area contributed by atoms with Crippen LogP contribution >= 0.6 is 12.4 Å². The van der Waals surface area contributed by atoms with Crippen molar-refractivity contribution in [3.63, 3.8) is 0 Å². The minimum Gasteiger partial charge on any atom is -0.394 e. The van der Waals surface area contributed by atoms with Gasteiger partial charge < -0.3 is 15.2 Å². The second kappa shape index (κ2) is 7.54. The Morgan fingerprint density at radius 1 is 1.41 bits per heavy atom. The number of nitrogens with zero attached hydrogens (tertiary/aromatic N) is 1. The zero-order chi connectivity index (χ0) is 11.4. The molecule has 2 rings (SSSR count). The van der Waals surface area contributed by atoms with Gasteiger partial charge in [-0.15, -0.1) is 12.4 Å². The molecule has 0 spiro atoms. The van der Waals surface area contributed by atoms with Gasteiger partial charge in [-0.1, -0.05) is 0 Å². The fourth-order valence-electron chi connectivity index (χ4n) is 2.84. The molecule has 2 saturated heterocycles. The van der Waals surface area contributed by atoms with E-state index in [9.17, 15) is 0 Å². The Morgan fingerprint density at radius 2 is 2.24 bits per heavy atom. The number of halogens is 1. The fourth-order valence-corrected chi connectivity index (χ4v) is 2.84. The number of hydrogen-bond donors (Lipinski definition) is 2. The first-order valence-electron chi connectivity index (χ1n) is 6.47. The molecule has 0 radical (unpaired) electrons. The smallest absolute Gasteiger partial charge is 0.0936 e. The van der Waals surface area contributed by atoms with Gasteiger partial charge in [0.2, 0.25) is 0 Å². The summed E-state index contributed by atoms with van der Waals surface area (Å²) in [5.74, 6) is 0.776. The normalized spacial score (nSPS) is 35.3. The van der Waals surface area contributed by atoms with Gasteiger partial charge in [-0.2, -0.15) is 0 Å². The highest BCUT2D eigenvalue weighted by Crippen LogP contribution is 2.16. The molecule has 102 valence electrons. The maximum absolute atomic E-state index is 9.17. The van der Waals surface area contributed by atoms with Crippen LogP contribution in [-0.2, 0) is 4.74 Å². The van der Waals surface area contributed by atoms with E-state index in [0.717, 1.165) is 32.1 Å². The van der Waals surface area contributed by atoms with E-state index < -0.39 is 0 Å². The summed E-state index contributed by atoms with van der Waals surface area (Å²) in [6.07, 6.45) is 2.90. The summed E-state index contributed by atoms with van der Waals surface area (Å²) < 4.78 is 5.65. The van der Waals surface area contributed by atoms with Crippen LogP contribution in [0.25, 0.3) is 0 Å². The zero-order valence-corrected chi connectivity index (χ0v) is 11.4. The van der Waals surface area contributed by atoms with E-state index in [0.29, 0.717) is 0 Å². The van der Waals surface area contributed by atoms with Gasteiger partial charge in [-0.25, -0.2) is 0 Å². The Balaban J connectivity index is 0.00000144. The molecule has 2 N–H and O–H groups in total. The van der Waals surface area contributed by atoms with Crippen LogP contribution in [0.5, 0.6) is 0 Å². The van der Waals surface area contributed by atoms with Crippen LogP contribution in [-0.4, -0.2) is 61.5 Å². The fraction of sp³-hybridized carbons (Fsp3) is 1.00. The maximum Gasteiger partial charge on any atom is 0.0936 e. The molecular weight excluding hydrogens is 240 g/mol. The summed E-state index contributed by atoms with van der Waals surface area (Å²) in [5, 5.41) is 12.6. The minimum atomic E-state index is 0. The largest absolute Gasteiger partial charge is 0.394 e. The summed E-state index contributed by atoms with van der Waals surface area (Å²) >= 11 is 0. The number of piperidine rings is 1. The lowest BCUT2D eigenvalue weighted by Gasteiger charge is -2.38. The molecule has 4 nitrogen and oxygen atoms in total. The van der Waals surface area contributed by atoms with Crippen LogP contribution in [0.15, 0.2) is 0 Å². The van der Waals surface area contributed by atoms with Crippen LogP contribution in [0.3, 0.4) is 0 Å². The molecule has 0 saturated carbocycles. The lowest BCUT2D eigenvalue weighted by molar-refractivity contribution is -0.0982. The van der Waals surface area contributed by atoms with Crippen molar-refractivity contribution in [3.05, 3.63) is 0 Å². The molecule has 0 aliphatic carbocycles. The van der Waals surface area contributed by atoms with Crippen molar-refractivity contribution in [3.8, 4) is 0 Å². The molecule has 0 aromatic carbocycles. The summed E-state index contributed by atoms with van der Waals surface area (Å²) in [6, 6.07) is 0. The second-order valence-electron chi connectivity index (χ2n) is 5.18. The van der Waals surface area contributed by atoms with Crippen molar-refractivity contribution in [2.75, 3.05) is 39.3 Å². The summed E-state index contributed by atoms with van der Waals surface area (Å²) in [4.78, 5) is 2.45. The van der Waals surface area contributed by atoms with Crippen LogP contribution in [0.2, 0.25) is 0 Å². The summed E-state index contributed by atoms with van der Waals surface area (Å²) in [5.41, 5.74) is 0. The molecule has 3 unspecified atom stereocenters. The van der Waals surface area contributed by atoms with Crippen molar-refractivity contribution in [2.24, 2.45) is 5.92 Å². The van der Waals surface area contributed by atoms with E-state index in [-0.39, 0.29) is 31.2 Å². The molecular formula is C12H25ClN2O2. The SMILES string of the molecule is CC1CN(CC2CCCNC2)CC(CO)O1.Cl. The third kappa shape index (κ3) is 4.72. The molecule has 0 amide bonds. The van der Waals surface area contributed by atoms with E-state index in [2.05, 4.69) is 17.1 Å². The van der Waals surface area contributed by atoms with Gasteiger partial charge in [-0.05, 0) is 38.8 Å². The van der Waals surface area contributed by atoms with Gasteiger partial charge in [0.15, 0.2) is 0 Å². The van der Waals surface area contributed by atoms with Gasteiger partial charge in [-0.3, -0.25) is 4.90 Å². The molecule has 2 aliphatic heterocycles. The third-order valence-electron chi connectivity index (χ3n) is 3.52. The zero-order valence-electron chi connectivity index (χ0n) is 10.6. The number of morpholine rings is 1. The molecule has 0 bridgehead atoms. The first-order valence-corrected chi connectivity index (χ1v) is 6.47. The number of rotatable bonds is 3.